The maximum absolute atomic E-state index is 8.68. The lowest BCUT2D eigenvalue weighted by Crippen LogP contribution is -2.46. The lowest BCUT2D eigenvalue weighted by Gasteiger charge is -2.36. The van der Waals surface area contributed by atoms with Gasteiger partial charge in [0.25, 0.3) is 0 Å². The third kappa shape index (κ3) is 4.48. The Balaban J connectivity index is 2.27. The maximum Gasteiger partial charge on any atom is 0.0866 e. The topological polar surface area (TPSA) is 39.5 Å². The lowest BCUT2D eigenvalue weighted by atomic mass is 10.0. The normalized spacial score (nSPS) is 22.2. The quantitative estimate of drug-likeness (QED) is 0.498. The van der Waals surface area contributed by atoms with Crippen LogP contribution < -0.4 is 0 Å². The fraction of sp³-hybridized carbons (Fsp3) is 0.917. The van der Waals surface area contributed by atoms with Crippen LogP contribution in [0, 0.1) is 11.3 Å². The summed E-state index contributed by atoms with van der Waals surface area (Å²) in [6.07, 6.45) is 3.57. The van der Waals surface area contributed by atoms with Gasteiger partial charge < -0.3 is 9.64 Å². The Morgan fingerprint density at radius 2 is 2.38 bits per heavy atom. The van der Waals surface area contributed by atoms with E-state index in [9.17, 15) is 0 Å². The Hall–Kier alpha value is -0.630. The molecule has 16 heavy (non-hydrogen) atoms. The van der Waals surface area contributed by atoms with E-state index in [1.54, 1.807) is 7.11 Å². The largest absolute Gasteiger partial charge is 0.385 e. The summed E-state index contributed by atoms with van der Waals surface area (Å²) in [6.45, 7) is 4.79. The van der Waals surface area contributed by atoms with Gasteiger partial charge in [0.05, 0.1) is 12.6 Å². The van der Waals surface area contributed by atoms with E-state index in [0.717, 1.165) is 26.1 Å². The highest BCUT2D eigenvalue weighted by molar-refractivity contribution is 4.84. The molecule has 4 heteroatoms. The van der Waals surface area contributed by atoms with Crippen molar-refractivity contribution in [1.82, 2.24) is 9.80 Å². The second-order valence-electron chi connectivity index (χ2n) is 4.52. The molecule has 0 spiro atoms. The van der Waals surface area contributed by atoms with Crippen LogP contribution in [0.1, 0.15) is 19.3 Å². The number of likely N-dealkylation sites (tertiary alicyclic amines) is 1. The molecule has 4 nitrogen and oxygen atoms in total. The first-order chi connectivity index (χ1) is 7.77. The molecule has 1 aliphatic rings. The van der Waals surface area contributed by atoms with Gasteiger partial charge in [-0.15, -0.1) is 0 Å². The van der Waals surface area contributed by atoms with Crippen LogP contribution in [0.25, 0.3) is 0 Å². The van der Waals surface area contributed by atoms with E-state index >= 15 is 0 Å². The summed E-state index contributed by atoms with van der Waals surface area (Å²) in [7, 11) is 3.80. The monoisotopic (exact) mass is 225 g/mol. The van der Waals surface area contributed by atoms with Crippen LogP contribution in [0.3, 0.4) is 0 Å². The molecule has 0 N–H and O–H groups in total. The van der Waals surface area contributed by atoms with Gasteiger partial charge in [-0.25, -0.2) is 0 Å². The highest BCUT2D eigenvalue weighted by atomic mass is 16.5. The van der Waals surface area contributed by atoms with Gasteiger partial charge in [-0.05, 0) is 32.9 Å². The first-order valence-electron chi connectivity index (χ1n) is 6.06. The van der Waals surface area contributed by atoms with Crippen LogP contribution in [0.15, 0.2) is 0 Å². The Bertz CT molecular complexity index is 227. The Morgan fingerprint density at radius 1 is 1.56 bits per heavy atom. The zero-order valence-corrected chi connectivity index (χ0v) is 10.5. The smallest absolute Gasteiger partial charge is 0.0866 e. The van der Waals surface area contributed by atoms with Crippen molar-refractivity contribution in [2.24, 2.45) is 0 Å². The molecule has 0 bridgehead atoms. The molecule has 1 saturated heterocycles. The summed E-state index contributed by atoms with van der Waals surface area (Å²) in [4.78, 5) is 4.66. The molecule has 1 atom stereocenters. The van der Waals surface area contributed by atoms with Gasteiger partial charge in [0.15, 0.2) is 0 Å². The van der Waals surface area contributed by atoms with Gasteiger partial charge >= 0.3 is 0 Å². The van der Waals surface area contributed by atoms with E-state index in [2.05, 4.69) is 15.9 Å². The fourth-order valence-electron chi connectivity index (χ4n) is 2.27. The van der Waals surface area contributed by atoms with Crippen LogP contribution in [0.5, 0.6) is 0 Å². The molecule has 0 aromatic carbocycles. The molecule has 0 radical (unpaired) electrons. The van der Waals surface area contributed by atoms with Crippen molar-refractivity contribution in [3.8, 4) is 6.07 Å². The third-order valence-corrected chi connectivity index (χ3v) is 3.25. The van der Waals surface area contributed by atoms with Crippen molar-refractivity contribution in [3.05, 3.63) is 0 Å². The van der Waals surface area contributed by atoms with E-state index in [4.69, 9.17) is 10.00 Å². The van der Waals surface area contributed by atoms with E-state index in [1.165, 1.54) is 19.4 Å². The predicted molar refractivity (Wildman–Crippen MR) is 64.2 cm³/mol. The molecule has 0 aliphatic carbocycles. The SMILES string of the molecule is COCCCN1CCCC(N(C)CC#N)C1. The summed E-state index contributed by atoms with van der Waals surface area (Å²) in [6, 6.07) is 2.77. The molecule has 1 fully saturated rings. The van der Waals surface area contributed by atoms with Gasteiger partial charge in [0.2, 0.25) is 0 Å². The van der Waals surface area contributed by atoms with Crippen LogP contribution >= 0.6 is 0 Å². The zero-order chi connectivity index (χ0) is 11.8. The Morgan fingerprint density at radius 3 is 3.06 bits per heavy atom. The van der Waals surface area contributed by atoms with Gasteiger partial charge in [0, 0.05) is 32.8 Å². The van der Waals surface area contributed by atoms with Crippen molar-refractivity contribution in [2.75, 3.05) is 46.9 Å². The third-order valence-electron chi connectivity index (χ3n) is 3.25. The van der Waals surface area contributed by atoms with Crippen LogP contribution in [-0.2, 0) is 4.74 Å². The number of hydrogen-bond acceptors (Lipinski definition) is 4. The molecular formula is C12H23N3O. The molecule has 92 valence electrons. The molecule has 0 aromatic rings. The highest BCUT2D eigenvalue weighted by Crippen LogP contribution is 2.14. The van der Waals surface area contributed by atoms with E-state index in [0.29, 0.717) is 12.6 Å². The van der Waals surface area contributed by atoms with Crippen molar-refractivity contribution >= 4 is 0 Å². The first-order valence-corrected chi connectivity index (χ1v) is 6.06. The minimum atomic E-state index is 0.538. The number of nitrogens with zero attached hydrogens (tertiary/aromatic N) is 3. The Kier molecular flexibility index (Phi) is 6.39. The molecule has 1 rings (SSSR count). The van der Waals surface area contributed by atoms with Gasteiger partial charge in [-0.2, -0.15) is 5.26 Å². The summed E-state index contributed by atoms with van der Waals surface area (Å²) in [5.41, 5.74) is 0. The lowest BCUT2D eigenvalue weighted by molar-refractivity contribution is 0.111. The van der Waals surface area contributed by atoms with Crippen molar-refractivity contribution in [1.29, 1.82) is 5.26 Å². The molecule has 1 unspecified atom stereocenters. The number of hydrogen-bond donors (Lipinski definition) is 0. The second-order valence-corrected chi connectivity index (χ2v) is 4.52. The summed E-state index contributed by atoms with van der Waals surface area (Å²) in [5.74, 6) is 0. The number of piperidine rings is 1. The van der Waals surface area contributed by atoms with Gasteiger partial charge in [-0.3, -0.25) is 4.90 Å². The van der Waals surface area contributed by atoms with E-state index in [-0.39, 0.29) is 0 Å². The zero-order valence-electron chi connectivity index (χ0n) is 10.5. The fourth-order valence-corrected chi connectivity index (χ4v) is 2.27. The summed E-state index contributed by atoms with van der Waals surface area (Å²) in [5, 5.41) is 8.68. The highest BCUT2D eigenvalue weighted by Gasteiger charge is 2.22. The number of likely N-dealkylation sites (N-methyl/N-ethyl adjacent to an activating group) is 1. The van der Waals surface area contributed by atoms with Gasteiger partial charge in [0.1, 0.15) is 0 Å². The Labute approximate surface area is 98.8 Å². The van der Waals surface area contributed by atoms with Crippen LogP contribution in [-0.4, -0.2) is 62.8 Å². The standard InChI is InChI=1S/C12H23N3O/c1-14(9-6-13)12-5-3-7-15(11-12)8-4-10-16-2/h12H,3-5,7-11H2,1-2H3. The van der Waals surface area contributed by atoms with Crippen molar-refractivity contribution in [2.45, 2.75) is 25.3 Å². The minimum Gasteiger partial charge on any atom is -0.385 e. The molecule has 1 heterocycles. The molecule has 0 saturated carbocycles. The van der Waals surface area contributed by atoms with Crippen molar-refractivity contribution < 1.29 is 4.74 Å². The molecule has 0 amide bonds. The maximum atomic E-state index is 8.68. The number of methoxy groups -OCH3 is 1. The van der Waals surface area contributed by atoms with E-state index in [1.807, 2.05) is 7.05 Å². The average Bonchev–Trinajstić information content (AvgIpc) is 2.30. The minimum absolute atomic E-state index is 0.538. The van der Waals surface area contributed by atoms with Crippen LogP contribution in [0.2, 0.25) is 0 Å². The average molecular weight is 225 g/mol. The van der Waals surface area contributed by atoms with E-state index < -0.39 is 0 Å². The first kappa shape index (κ1) is 13.4. The van der Waals surface area contributed by atoms with Crippen molar-refractivity contribution in [3.63, 3.8) is 0 Å². The number of nitriles is 1. The molecule has 1 aliphatic heterocycles. The van der Waals surface area contributed by atoms with Gasteiger partial charge in [-0.1, -0.05) is 0 Å². The molecular weight excluding hydrogens is 202 g/mol. The predicted octanol–water partition coefficient (Wildman–Crippen LogP) is 0.943. The number of ether oxygens (including phenoxy) is 1. The summed E-state index contributed by atoms with van der Waals surface area (Å²) >= 11 is 0. The molecule has 0 aromatic heterocycles. The second kappa shape index (κ2) is 7.61. The summed E-state index contributed by atoms with van der Waals surface area (Å²) < 4.78 is 5.07. The number of rotatable bonds is 6. The van der Waals surface area contributed by atoms with Crippen LogP contribution in [0.4, 0.5) is 0 Å².